The van der Waals surface area contributed by atoms with Crippen LogP contribution in [0.3, 0.4) is 0 Å². The number of hydroxylamine groups is 1. The predicted molar refractivity (Wildman–Crippen MR) is 110 cm³/mol. The Hall–Kier alpha value is -2.28. The monoisotopic (exact) mass is 403 g/mol. The number of amides is 2. The van der Waals surface area contributed by atoms with Gasteiger partial charge in [0, 0.05) is 37.9 Å². The van der Waals surface area contributed by atoms with Crippen molar-refractivity contribution in [1.29, 1.82) is 0 Å². The van der Waals surface area contributed by atoms with Crippen LogP contribution in [-0.4, -0.2) is 41.9 Å². The van der Waals surface area contributed by atoms with Gasteiger partial charge < -0.3 is 14.6 Å². The lowest BCUT2D eigenvalue weighted by Gasteiger charge is -2.36. The summed E-state index contributed by atoms with van der Waals surface area (Å²) in [5, 5.41) is 2.89. The van der Waals surface area contributed by atoms with Crippen LogP contribution < -0.4 is 10.8 Å². The van der Waals surface area contributed by atoms with Gasteiger partial charge in [-0.05, 0) is 25.0 Å². The molecule has 29 heavy (non-hydrogen) atoms. The quantitative estimate of drug-likeness (QED) is 0.807. The first kappa shape index (κ1) is 21.4. The van der Waals surface area contributed by atoms with Crippen LogP contribution in [0.4, 0.5) is 0 Å². The van der Waals surface area contributed by atoms with E-state index in [1.807, 2.05) is 37.8 Å². The SMILES string of the molecule is Cc1oc(C(C)(C)C)cc1C(=O)N1CCC2(C=C(C(=O)NCC(C)C)NO2)CC1. The highest BCUT2D eigenvalue weighted by molar-refractivity contribution is 5.95. The number of furan rings is 1. The molecule has 0 aromatic carbocycles. The Morgan fingerprint density at radius 1 is 1.28 bits per heavy atom. The largest absolute Gasteiger partial charge is 0.465 e. The standard InChI is InChI=1S/C22H33N3O4/c1-14(2)13-23-19(26)17-12-22(29-24-17)7-9-25(10-8-22)20(27)16-11-18(21(4,5)6)28-15(16)3/h11-12,14,24H,7-10,13H2,1-6H3,(H,23,26). The Labute approximate surface area is 172 Å². The molecule has 2 amide bonds. The lowest BCUT2D eigenvalue weighted by molar-refractivity contribution is -0.120. The van der Waals surface area contributed by atoms with E-state index >= 15 is 0 Å². The minimum absolute atomic E-state index is 0.0126. The fraction of sp³-hybridized carbons (Fsp3) is 0.636. The van der Waals surface area contributed by atoms with E-state index in [4.69, 9.17) is 9.25 Å². The Kier molecular flexibility index (Phi) is 5.81. The van der Waals surface area contributed by atoms with E-state index < -0.39 is 5.60 Å². The molecular weight excluding hydrogens is 370 g/mol. The number of carbonyl (C=O) groups excluding carboxylic acids is 2. The number of nitrogens with one attached hydrogen (secondary N) is 2. The summed E-state index contributed by atoms with van der Waals surface area (Å²) in [7, 11) is 0. The number of rotatable bonds is 4. The molecule has 0 saturated carbocycles. The van der Waals surface area contributed by atoms with Crippen molar-refractivity contribution in [3.05, 3.63) is 34.9 Å². The number of piperidine rings is 1. The number of hydrogen-bond donors (Lipinski definition) is 2. The van der Waals surface area contributed by atoms with E-state index in [0.717, 1.165) is 5.76 Å². The van der Waals surface area contributed by atoms with Gasteiger partial charge in [-0.3, -0.25) is 19.9 Å². The highest BCUT2D eigenvalue weighted by Gasteiger charge is 2.41. The van der Waals surface area contributed by atoms with Crippen molar-refractivity contribution in [2.75, 3.05) is 19.6 Å². The van der Waals surface area contributed by atoms with Crippen molar-refractivity contribution in [3.63, 3.8) is 0 Å². The van der Waals surface area contributed by atoms with Gasteiger partial charge in [0.05, 0.1) is 5.56 Å². The summed E-state index contributed by atoms with van der Waals surface area (Å²) < 4.78 is 5.83. The van der Waals surface area contributed by atoms with Gasteiger partial charge in [-0.1, -0.05) is 34.6 Å². The van der Waals surface area contributed by atoms with Gasteiger partial charge in [-0.2, -0.15) is 0 Å². The van der Waals surface area contributed by atoms with Crippen molar-refractivity contribution in [1.82, 2.24) is 15.7 Å². The summed E-state index contributed by atoms with van der Waals surface area (Å²) in [5.74, 6) is 1.69. The lowest BCUT2D eigenvalue weighted by atomic mass is 9.90. The van der Waals surface area contributed by atoms with Crippen LogP contribution >= 0.6 is 0 Å². The van der Waals surface area contributed by atoms with E-state index in [1.54, 1.807) is 0 Å². The smallest absolute Gasteiger partial charge is 0.269 e. The van der Waals surface area contributed by atoms with Gasteiger partial charge in [-0.15, -0.1) is 0 Å². The molecule has 1 spiro atoms. The van der Waals surface area contributed by atoms with Crippen LogP contribution in [0.15, 0.2) is 22.3 Å². The highest BCUT2D eigenvalue weighted by Crippen LogP contribution is 2.33. The summed E-state index contributed by atoms with van der Waals surface area (Å²) in [6, 6.07) is 1.87. The Morgan fingerprint density at radius 3 is 2.48 bits per heavy atom. The number of likely N-dealkylation sites (tertiary alicyclic amines) is 1. The first-order valence-electron chi connectivity index (χ1n) is 10.4. The van der Waals surface area contributed by atoms with Crippen LogP contribution in [0.5, 0.6) is 0 Å². The Morgan fingerprint density at radius 2 is 1.93 bits per heavy atom. The zero-order chi connectivity index (χ0) is 21.4. The van der Waals surface area contributed by atoms with E-state index in [1.165, 1.54) is 0 Å². The third kappa shape index (κ3) is 4.66. The molecular formula is C22H33N3O4. The topological polar surface area (TPSA) is 83.8 Å². The van der Waals surface area contributed by atoms with E-state index in [9.17, 15) is 9.59 Å². The molecule has 2 aliphatic rings. The Balaban J connectivity index is 1.63. The zero-order valence-electron chi connectivity index (χ0n) is 18.3. The molecule has 3 rings (SSSR count). The maximum atomic E-state index is 13.0. The summed E-state index contributed by atoms with van der Waals surface area (Å²) >= 11 is 0. The molecule has 1 fully saturated rings. The fourth-order valence-electron chi connectivity index (χ4n) is 3.55. The number of aryl methyl sites for hydroxylation is 1. The molecule has 2 aliphatic heterocycles. The van der Waals surface area contributed by atoms with Crippen LogP contribution in [0.25, 0.3) is 0 Å². The molecule has 0 aliphatic carbocycles. The molecule has 3 heterocycles. The minimum Gasteiger partial charge on any atom is -0.465 e. The maximum Gasteiger partial charge on any atom is 0.269 e. The van der Waals surface area contributed by atoms with Gasteiger partial charge in [0.25, 0.3) is 11.8 Å². The zero-order valence-corrected chi connectivity index (χ0v) is 18.3. The Bertz CT molecular complexity index is 809. The van der Waals surface area contributed by atoms with E-state index in [0.29, 0.717) is 55.4 Å². The number of nitrogens with zero attached hydrogens (tertiary/aromatic N) is 1. The molecule has 1 aromatic heterocycles. The van der Waals surface area contributed by atoms with Crippen molar-refractivity contribution in [2.45, 2.75) is 65.4 Å². The van der Waals surface area contributed by atoms with Gasteiger partial charge >= 0.3 is 0 Å². The van der Waals surface area contributed by atoms with Crippen LogP contribution in [0.2, 0.25) is 0 Å². The van der Waals surface area contributed by atoms with Crippen molar-refractivity contribution in [3.8, 4) is 0 Å². The first-order valence-corrected chi connectivity index (χ1v) is 10.4. The van der Waals surface area contributed by atoms with Crippen LogP contribution in [0.1, 0.15) is 69.3 Å². The average Bonchev–Trinajstić information content (AvgIpc) is 3.24. The normalized spacial score (nSPS) is 18.7. The second-order valence-electron chi connectivity index (χ2n) is 9.55. The summed E-state index contributed by atoms with van der Waals surface area (Å²) in [6.45, 7) is 13.9. The van der Waals surface area contributed by atoms with Gasteiger partial charge in [0.2, 0.25) is 0 Å². The summed E-state index contributed by atoms with van der Waals surface area (Å²) in [6.07, 6.45) is 3.14. The number of hydrogen-bond acceptors (Lipinski definition) is 5. The van der Waals surface area contributed by atoms with Gasteiger partial charge in [-0.25, -0.2) is 0 Å². The molecule has 0 bridgehead atoms. The van der Waals surface area contributed by atoms with Gasteiger partial charge in [0.15, 0.2) is 0 Å². The fourth-order valence-corrected chi connectivity index (χ4v) is 3.55. The molecule has 0 unspecified atom stereocenters. The molecule has 7 heteroatoms. The van der Waals surface area contributed by atoms with E-state index in [-0.39, 0.29) is 17.2 Å². The maximum absolute atomic E-state index is 13.0. The van der Waals surface area contributed by atoms with Crippen molar-refractivity contribution < 1.29 is 18.8 Å². The molecule has 1 saturated heterocycles. The first-order chi connectivity index (χ1) is 13.5. The minimum atomic E-state index is -0.538. The van der Waals surface area contributed by atoms with Crippen molar-refractivity contribution >= 4 is 11.8 Å². The van der Waals surface area contributed by atoms with Gasteiger partial charge in [0.1, 0.15) is 22.8 Å². The molecule has 7 nitrogen and oxygen atoms in total. The van der Waals surface area contributed by atoms with Crippen molar-refractivity contribution in [2.24, 2.45) is 5.92 Å². The third-order valence-corrected chi connectivity index (χ3v) is 5.47. The van der Waals surface area contributed by atoms with Crippen LogP contribution in [-0.2, 0) is 15.0 Å². The summed E-state index contributed by atoms with van der Waals surface area (Å²) in [4.78, 5) is 32.9. The summed E-state index contributed by atoms with van der Waals surface area (Å²) in [5.41, 5.74) is 3.17. The molecule has 0 atom stereocenters. The second kappa shape index (κ2) is 7.86. The van der Waals surface area contributed by atoms with Crippen LogP contribution in [0, 0.1) is 12.8 Å². The predicted octanol–water partition coefficient (Wildman–Crippen LogP) is 3.05. The average molecular weight is 404 g/mol. The third-order valence-electron chi connectivity index (χ3n) is 5.47. The molecule has 160 valence electrons. The van der Waals surface area contributed by atoms with E-state index in [2.05, 4.69) is 31.6 Å². The number of carbonyl (C=O) groups is 2. The highest BCUT2D eigenvalue weighted by atomic mass is 16.7. The second-order valence-corrected chi connectivity index (χ2v) is 9.55. The molecule has 1 aromatic rings. The molecule has 2 N–H and O–H groups in total. The lowest BCUT2D eigenvalue weighted by Crippen LogP contribution is -2.46. The molecule has 0 radical (unpaired) electrons.